The van der Waals surface area contributed by atoms with Gasteiger partial charge in [0.2, 0.25) is 5.17 Å². The Morgan fingerprint density at radius 1 is 1.04 bits per heavy atom. The summed E-state index contributed by atoms with van der Waals surface area (Å²) in [6.07, 6.45) is 4.53. The fraction of sp³-hybridized carbons (Fsp3) is 0.167. The van der Waals surface area contributed by atoms with Gasteiger partial charge in [0.1, 0.15) is 11.5 Å². The molecule has 0 heterocycles. The van der Waals surface area contributed by atoms with Crippen LogP contribution in [0.25, 0.3) is 0 Å². The summed E-state index contributed by atoms with van der Waals surface area (Å²) < 4.78 is 9.97. The van der Waals surface area contributed by atoms with Gasteiger partial charge in [-0.3, -0.25) is 0 Å². The number of para-hydroxylation sites is 1. The molecule has 1 radical (unpaired) electrons. The Balaban J connectivity index is 0.00000364. The molecule has 149 valence electrons. The van der Waals surface area contributed by atoms with Crippen LogP contribution in [0.3, 0.4) is 0 Å². The van der Waals surface area contributed by atoms with Gasteiger partial charge in [-0.05, 0) is 35.6 Å². The van der Waals surface area contributed by atoms with E-state index in [1.807, 2.05) is 0 Å². The summed E-state index contributed by atoms with van der Waals surface area (Å²) in [5, 5.41) is 32.1. The maximum atomic E-state index is 12.0. The second-order valence-corrected chi connectivity index (χ2v) is 5.65. The van der Waals surface area contributed by atoms with E-state index in [0.29, 0.717) is 22.0 Å². The van der Waals surface area contributed by atoms with Crippen LogP contribution in [0.15, 0.2) is 51.6 Å². The van der Waals surface area contributed by atoms with Crippen LogP contribution in [0.1, 0.15) is 11.1 Å². The summed E-state index contributed by atoms with van der Waals surface area (Å²) in [5.74, 6) is 0.257. The van der Waals surface area contributed by atoms with E-state index in [1.54, 1.807) is 36.6 Å². The van der Waals surface area contributed by atoms with Gasteiger partial charge in [-0.25, -0.2) is 4.99 Å². The zero-order valence-corrected chi connectivity index (χ0v) is 17.9. The quantitative estimate of drug-likeness (QED) is 0.246. The molecular formula is C18H17ClFeN3O4S. The molecule has 7 nitrogen and oxygen atoms in total. The number of thioether (sulfide) groups is 1. The topological polar surface area (TPSA) is 102 Å². The van der Waals surface area contributed by atoms with Gasteiger partial charge < -0.3 is 32.1 Å². The molecule has 0 saturated carbocycles. The van der Waals surface area contributed by atoms with Gasteiger partial charge in [0.25, 0.3) is 0 Å². The zero-order chi connectivity index (χ0) is 18.9. The van der Waals surface area contributed by atoms with Crippen molar-refractivity contribution in [3.05, 3.63) is 47.5 Å². The molecule has 0 aliphatic carbocycles. The van der Waals surface area contributed by atoms with Gasteiger partial charge in [-0.2, -0.15) is 5.10 Å². The molecule has 0 atom stereocenters. The zero-order valence-electron chi connectivity index (χ0n) is 15.2. The van der Waals surface area contributed by atoms with E-state index in [-0.39, 0.29) is 46.7 Å². The summed E-state index contributed by atoms with van der Waals surface area (Å²) in [6.45, 7) is 0. The molecule has 28 heavy (non-hydrogen) atoms. The first-order valence-corrected chi connectivity index (χ1v) is 8.69. The van der Waals surface area contributed by atoms with Crippen molar-refractivity contribution in [3.8, 4) is 23.0 Å². The second-order valence-electron chi connectivity index (χ2n) is 4.87. The third-order valence-electron chi connectivity index (χ3n) is 3.29. The van der Waals surface area contributed by atoms with Crippen LogP contribution in [0.4, 0.5) is 0 Å². The van der Waals surface area contributed by atoms with Crippen LogP contribution in [0.2, 0.25) is 0 Å². The normalized spacial score (nSPS) is 11.2. The fourth-order valence-electron chi connectivity index (χ4n) is 1.93. The molecule has 0 N–H and O–H groups in total. The summed E-state index contributed by atoms with van der Waals surface area (Å²) in [6, 6.07) is 9.57. The van der Waals surface area contributed by atoms with Crippen LogP contribution >= 0.6 is 11.8 Å². The van der Waals surface area contributed by atoms with Gasteiger partial charge in [-0.1, -0.05) is 41.5 Å². The third kappa shape index (κ3) is 7.09. The molecule has 0 aliphatic rings. The molecule has 0 fully saturated rings. The fourth-order valence-corrected chi connectivity index (χ4v) is 2.22. The number of methoxy groups -OCH3 is 2. The average molecular weight is 463 g/mol. The second kappa shape index (κ2) is 13.1. The Morgan fingerprint density at radius 3 is 2.39 bits per heavy atom. The van der Waals surface area contributed by atoms with Gasteiger partial charge in [-0.15, -0.1) is 5.10 Å². The number of ether oxygens (including phenoxy) is 2. The molecule has 2 aromatic carbocycles. The van der Waals surface area contributed by atoms with Gasteiger partial charge >= 0.3 is 17.1 Å². The minimum atomic E-state index is -0.266. The molecule has 2 aromatic rings. The van der Waals surface area contributed by atoms with Gasteiger partial charge in [0.15, 0.2) is 0 Å². The number of halogens is 1. The van der Waals surface area contributed by atoms with E-state index >= 15 is 0 Å². The number of rotatable bonds is 5. The Labute approximate surface area is 184 Å². The third-order valence-corrected chi connectivity index (χ3v) is 3.84. The van der Waals surface area contributed by atoms with Gasteiger partial charge in [0.05, 0.1) is 20.4 Å². The van der Waals surface area contributed by atoms with E-state index in [4.69, 9.17) is 9.47 Å². The molecule has 0 saturated heterocycles. The maximum absolute atomic E-state index is 12.0. The predicted octanol–water partition coefficient (Wildman–Crippen LogP) is -0.975. The van der Waals surface area contributed by atoms with Crippen molar-refractivity contribution >= 4 is 29.4 Å². The molecule has 0 amide bonds. The largest absolute Gasteiger partial charge is 3.00 e. The van der Waals surface area contributed by atoms with E-state index in [9.17, 15) is 10.2 Å². The smallest absolute Gasteiger partial charge is 1.00 e. The van der Waals surface area contributed by atoms with Crippen LogP contribution < -0.4 is 32.1 Å². The molecule has 0 aromatic heterocycles. The summed E-state index contributed by atoms with van der Waals surface area (Å²) in [4.78, 5) is 4.15. The van der Waals surface area contributed by atoms with Crippen LogP contribution in [-0.2, 0) is 17.1 Å². The molecular weight excluding hydrogens is 446 g/mol. The van der Waals surface area contributed by atoms with E-state index in [2.05, 4.69) is 15.2 Å². The molecule has 2 rings (SSSR count). The number of hydrogen-bond donors (Lipinski definition) is 0. The number of nitrogens with zero attached hydrogens (tertiary/aromatic N) is 3. The SMILES string of the molecule is COc1ccc(/C=N/C(=N\N=C\c2cccc(OC)c2[O-])SC)c([O-])c1.[Cl-].[Fe+3]. The first-order valence-electron chi connectivity index (χ1n) is 7.47. The minimum absolute atomic E-state index is 0. The monoisotopic (exact) mass is 462 g/mol. The van der Waals surface area contributed by atoms with Crippen LogP contribution in [-0.4, -0.2) is 38.1 Å². The average Bonchev–Trinajstić information content (AvgIpc) is 2.66. The first kappa shape index (κ1) is 25.8. The van der Waals surface area contributed by atoms with Crippen molar-refractivity contribution in [2.24, 2.45) is 15.2 Å². The van der Waals surface area contributed by atoms with E-state index in [0.717, 1.165) is 0 Å². The summed E-state index contributed by atoms with van der Waals surface area (Å²) in [5.41, 5.74) is 0.765. The Bertz CT molecular complexity index is 863. The molecule has 0 unspecified atom stereocenters. The van der Waals surface area contributed by atoms with Crippen molar-refractivity contribution in [1.82, 2.24) is 0 Å². The molecule has 10 heteroatoms. The maximum Gasteiger partial charge on any atom is 3.00 e. The number of hydrogen-bond acceptors (Lipinski definition) is 7. The molecule has 0 aliphatic heterocycles. The van der Waals surface area contributed by atoms with Crippen LogP contribution in [0, 0.1) is 0 Å². The van der Waals surface area contributed by atoms with E-state index < -0.39 is 0 Å². The predicted molar refractivity (Wildman–Crippen MR) is 101 cm³/mol. The molecule has 0 spiro atoms. The Kier molecular flexibility index (Phi) is 12.0. The van der Waals surface area contributed by atoms with Crippen molar-refractivity contribution in [1.29, 1.82) is 0 Å². The van der Waals surface area contributed by atoms with Gasteiger partial charge in [0, 0.05) is 6.21 Å². The number of amidine groups is 1. The summed E-state index contributed by atoms with van der Waals surface area (Å²) >= 11 is 1.26. The summed E-state index contributed by atoms with van der Waals surface area (Å²) in [7, 11) is 2.93. The number of benzene rings is 2. The number of aliphatic imine (C=N–C) groups is 1. The Hall–Kier alpha value is -2.19. The standard InChI is InChI=1S/C18H19N3O4S.ClH.Fe/c1-24-14-8-7-12(15(22)9-14)10-19-18(26-3)21-20-11-13-5-4-6-16(25-2)17(13)23;;/h4-11,22-23H,1-3H3;1H;/q;;+3/p-3/b19-10+,20-11+,21-18+;;. The Morgan fingerprint density at radius 2 is 1.79 bits per heavy atom. The molecule has 0 bridgehead atoms. The van der Waals surface area contributed by atoms with Crippen molar-refractivity contribution in [2.75, 3.05) is 20.5 Å². The van der Waals surface area contributed by atoms with Crippen molar-refractivity contribution < 1.29 is 49.2 Å². The first-order chi connectivity index (χ1) is 12.6. The van der Waals surface area contributed by atoms with Crippen LogP contribution in [0.5, 0.6) is 23.0 Å². The van der Waals surface area contributed by atoms with Crippen molar-refractivity contribution in [2.45, 2.75) is 0 Å². The van der Waals surface area contributed by atoms with Crippen molar-refractivity contribution in [3.63, 3.8) is 0 Å². The van der Waals surface area contributed by atoms with E-state index in [1.165, 1.54) is 44.5 Å². The minimum Gasteiger partial charge on any atom is -1.00 e.